The summed E-state index contributed by atoms with van der Waals surface area (Å²) in [5.41, 5.74) is 1.41. The van der Waals surface area contributed by atoms with Gasteiger partial charge in [0.05, 0.1) is 18.2 Å². The molecule has 8 nitrogen and oxygen atoms in total. The SMILES string of the molecule is Cc1noc(C)c1S(=O)(=O)N1CCN(Cc2cc(Cl)c3c(c2)OCCCO3)CC1. The first kappa shape index (κ1) is 20.5. The molecule has 0 saturated carbocycles. The smallest absolute Gasteiger partial charge is 0.248 e. The van der Waals surface area contributed by atoms with Gasteiger partial charge in [0.25, 0.3) is 0 Å². The van der Waals surface area contributed by atoms with Crippen LogP contribution in [0.2, 0.25) is 5.02 Å². The van der Waals surface area contributed by atoms with E-state index in [-0.39, 0.29) is 4.90 Å². The molecule has 2 aliphatic rings. The third-order valence-corrected chi connectivity index (χ3v) is 7.59. The van der Waals surface area contributed by atoms with Gasteiger partial charge in [0.1, 0.15) is 10.6 Å². The van der Waals surface area contributed by atoms with Crippen LogP contribution in [-0.2, 0) is 16.6 Å². The van der Waals surface area contributed by atoms with Gasteiger partial charge in [-0.1, -0.05) is 16.8 Å². The van der Waals surface area contributed by atoms with Gasteiger partial charge in [-0.15, -0.1) is 0 Å². The lowest BCUT2D eigenvalue weighted by Crippen LogP contribution is -2.48. The number of piperazine rings is 1. The molecule has 0 bridgehead atoms. The molecular weight excluding hydrogens is 418 g/mol. The van der Waals surface area contributed by atoms with Crippen LogP contribution in [-0.4, -0.2) is 62.2 Å². The van der Waals surface area contributed by atoms with Crippen LogP contribution in [0.3, 0.4) is 0 Å². The Labute approximate surface area is 175 Å². The molecule has 29 heavy (non-hydrogen) atoms. The van der Waals surface area contributed by atoms with Crippen molar-refractivity contribution in [1.82, 2.24) is 14.4 Å². The van der Waals surface area contributed by atoms with E-state index >= 15 is 0 Å². The highest BCUT2D eigenvalue weighted by Gasteiger charge is 2.33. The molecule has 158 valence electrons. The van der Waals surface area contributed by atoms with E-state index in [1.807, 2.05) is 12.1 Å². The number of aryl methyl sites for hydroxylation is 2. The van der Waals surface area contributed by atoms with Gasteiger partial charge in [-0.05, 0) is 31.5 Å². The Hall–Kier alpha value is -1.81. The number of rotatable bonds is 4. The maximum atomic E-state index is 13.0. The quantitative estimate of drug-likeness (QED) is 0.720. The van der Waals surface area contributed by atoms with Crippen molar-refractivity contribution in [3.63, 3.8) is 0 Å². The Morgan fingerprint density at radius 3 is 2.52 bits per heavy atom. The van der Waals surface area contributed by atoms with E-state index in [0.717, 1.165) is 12.0 Å². The lowest BCUT2D eigenvalue weighted by atomic mass is 10.1. The van der Waals surface area contributed by atoms with Crippen molar-refractivity contribution in [2.45, 2.75) is 31.7 Å². The molecule has 0 N–H and O–H groups in total. The van der Waals surface area contributed by atoms with Gasteiger partial charge in [0.15, 0.2) is 17.3 Å². The molecule has 2 aliphatic heterocycles. The Bertz CT molecular complexity index is 980. The van der Waals surface area contributed by atoms with Crippen LogP contribution in [0.1, 0.15) is 23.4 Å². The second-order valence-electron chi connectivity index (χ2n) is 7.29. The fourth-order valence-electron chi connectivity index (χ4n) is 3.73. The first-order valence-corrected chi connectivity index (χ1v) is 11.4. The van der Waals surface area contributed by atoms with Crippen LogP contribution in [0.4, 0.5) is 0 Å². The average molecular weight is 442 g/mol. The number of nitrogens with zero attached hydrogens (tertiary/aromatic N) is 3. The second kappa shape index (κ2) is 8.14. The van der Waals surface area contributed by atoms with Crippen LogP contribution in [0, 0.1) is 13.8 Å². The highest BCUT2D eigenvalue weighted by Crippen LogP contribution is 2.38. The lowest BCUT2D eigenvalue weighted by molar-refractivity contribution is 0.181. The van der Waals surface area contributed by atoms with Crippen LogP contribution in [0.25, 0.3) is 0 Å². The van der Waals surface area contributed by atoms with E-state index in [2.05, 4.69) is 10.1 Å². The Morgan fingerprint density at radius 1 is 1.10 bits per heavy atom. The highest BCUT2D eigenvalue weighted by atomic mass is 35.5. The molecule has 3 heterocycles. The van der Waals surface area contributed by atoms with Gasteiger partial charge >= 0.3 is 0 Å². The van der Waals surface area contributed by atoms with Crippen molar-refractivity contribution in [3.05, 3.63) is 34.2 Å². The molecule has 0 unspecified atom stereocenters. The molecule has 1 fully saturated rings. The Balaban J connectivity index is 1.43. The number of aromatic nitrogens is 1. The first-order valence-electron chi connectivity index (χ1n) is 9.59. The van der Waals surface area contributed by atoms with Crippen molar-refractivity contribution < 1.29 is 22.4 Å². The van der Waals surface area contributed by atoms with Crippen molar-refractivity contribution in [2.24, 2.45) is 0 Å². The maximum Gasteiger partial charge on any atom is 0.248 e. The van der Waals surface area contributed by atoms with E-state index in [9.17, 15) is 8.42 Å². The van der Waals surface area contributed by atoms with Gasteiger partial charge in [0.2, 0.25) is 10.0 Å². The summed E-state index contributed by atoms with van der Waals surface area (Å²) in [4.78, 5) is 2.38. The zero-order valence-corrected chi connectivity index (χ0v) is 18.1. The highest BCUT2D eigenvalue weighted by molar-refractivity contribution is 7.89. The summed E-state index contributed by atoms with van der Waals surface area (Å²) in [5, 5.41) is 4.31. The average Bonchev–Trinajstić information content (AvgIpc) is 2.88. The van der Waals surface area contributed by atoms with Crippen molar-refractivity contribution in [1.29, 1.82) is 0 Å². The van der Waals surface area contributed by atoms with Gasteiger partial charge in [-0.3, -0.25) is 4.90 Å². The largest absolute Gasteiger partial charge is 0.489 e. The zero-order chi connectivity index (χ0) is 20.6. The number of hydrogen-bond donors (Lipinski definition) is 0. The molecule has 1 aromatic carbocycles. The first-order chi connectivity index (χ1) is 13.9. The van der Waals surface area contributed by atoms with Gasteiger partial charge in [-0.25, -0.2) is 8.42 Å². The topological polar surface area (TPSA) is 85.1 Å². The molecule has 10 heteroatoms. The monoisotopic (exact) mass is 441 g/mol. The van der Waals surface area contributed by atoms with Gasteiger partial charge < -0.3 is 14.0 Å². The van der Waals surface area contributed by atoms with Crippen LogP contribution < -0.4 is 9.47 Å². The van der Waals surface area contributed by atoms with E-state index in [1.165, 1.54) is 4.31 Å². The van der Waals surface area contributed by atoms with Gasteiger partial charge in [-0.2, -0.15) is 4.31 Å². The zero-order valence-electron chi connectivity index (χ0n) is 16.5. The molecular formula is C19H24ClN3O5S. The predicted molar refractivity (Wildman–Crippen MR) is 107 cm³/mol. The molecule has 1 saturated heterocycles. The third kappa shape index (κ3) is 4.09. The maximum absolute atomic E-state index is 13.0. The molecule has 1 aromatic heterocycles. The summed E-state index contributed by atoms with van der Waals surface area (Å²) in [5.74, 6) is 1.60. The Kier molecular flexibility index (Phi) is 5.74. The molecule has 0 amide bonds. The fraction of sp³-hybridized carbons (Fsp3) is 0.526. The summed E-state index contributed by atoms with van der Waals surface area (Å²) in [6.45, 7) is 7.18. The van der Waals surface area contributed by atoms with E-state index in [1.54, 1.807) is 13.8 Å². The molecule has 0 radical (unpaired) electrons. The van der Waals surface area contributed by atoms with E-state index < -0.39 is 10.0 Å². The van der Waals surface area contributed by atoms with Crippen LogP contribution in [0.15, 0.2) is 21.6 Å². The minimum absolute atomic E-state index is 0.181. The van der Waals surface area contributed by atoms with E-state index in [4.69, 9.17) is 25.6 Å². The minimum atomic E-state index is -3.61. The van der Waals surface area contributed by atoms with E-state index in [0.29, 0.717) is 73.9 Å². The van der Waals surface area contributed by atoms with Crippen LogP contribution >= 0.6 is 11.6 Å². The lowest BCUT2D eigenvalue weighted by Gasteiger charge is -2.34. The number of sulfonamides is 1. The number of halogens is 1. The summed E-state index contributed by atoms with van der Waals surface area (Å²) in [6.07, 6.45) is 0.821. The summed E-state index contributed by atoms with van der Waals surface area (Å²) < 4.78 is 43.9. The van der Waals surface area contributed by atoms with Crippen molar-refractivity contribution in [2.75, 3.05) is 39.4 Å². The van der Waals surface area contributed by atoms with Gasteiger partial charge in [0, 0.05) is 39.1 Å². The predicted octanol–water partition coefficient (Wildman–Crippen LogP) is 2.61. The molecule has 2 aromatic rings. The summed E-state index contributed by atoms with van der Waals surface area (Å²) in [6, 6.07) is 3.85. The number of fused-ring (bicyclic) bond motifs is 1. The number of hydrogen-bond acceptors (Lipinski definition) is 7. The molecule has 4 rings (SSSR count). The number of benzene rings is 1. The Morgan fingerprint density at radius 2 is 1.83 bits per heavy atom. The molecule has 0 aliphatic carbocycles. The van der Waals surface area contributed by atoms with Crippen LogP contribution in [0.5, 0.6) is 11.5 Å². The summed E-state index contributed by atoms with van der Waals surface area (Å²) in [7, 11) is -3.61. The van der Waals surface area contributed by atoms with Crippen molar-refractivity contribution in [3.8, 4) is 11.5 Å². The second-order valence-corrected chi connectivity index (χ2v) is 9.57. The molecule has 0 atom stereocenters. The molecule has 0 spiro atoms. The third-order valence-electron chi connectivity index (χ3n) is 5.17. The summed E-state index contributed by atoms with van der Waals surface area (Å²) >= 11 is 6.38. The minimum Gasteiger partial charge on any atom is -0.489 e. The normalized spacial score (nSPS) is 18.6. The standard InChI is InChI=1S/C19H24ClN3O5S/c1-13-19(14(2)28-21-13)29(24,25)23-6-4-22(5-7-23)12-15-10-16(20)18-17(11-15)26-8-3-9-27-18/h10-11H,3-9,12H2,1-2H3. The number of ether oxygens (including phenoxy) is 2. The van der Waals surface area contributed by atoms with Crippen molar-refractivity contribution >= 4 is 21.6 Å². The fourth-order valence-corrected chi connectivity index (χ4v) is 5.73.